The first kappa shape index (κ1) is 11.5. The van der Waals surface area contributed by atoms with Gasteiger partial charge >= 0.3 is 0 Å². The number of hydrogen-bond donors (Lipinski definition) is 2. The molecule has 4 heteroatoms. The van der Waals surface area contributed by atoms with Gasteiger partial charge in [-0.15, -0.1) is 0 Å². The van der Waals surface area contributed by atoms with Crippen LogP contribution in [0.25, 0.3) is 0 Å². The minimum atomic E-state index is -0.444. The Labute approximate surface area is 110 Å². The lowest BCUT2D eigenvalue weighted by Gasteiger charge is -2.40. The largest absolute Gasteiger partial charge is 0.373 e. The van der Waals surface area contributed by atoms with Crippen molar-refractivity contribution in [1.29, 1.82) is 0 Å². The summed E-state index contributed by atoms with van der Waals surface area (Å²) in [4.78, 5) is 2.33. The molecule has 0 aromatic heterocycles. The van der Waals surface area contributed by atoms with E-state index >= 15 is 0 Å². The number of halogens is 1. The molecular weight excluding hydrogens is 280 g/mol. The van der Waals surface area contributed by atoms with Crippen LogP contribution in [0, 0.1) is 0 Å². The van der Waals surface area contributed by atoms with E-state index in [1.54, 1.807) is 0 Å². The van der Waals surface area contributed by atoms with Gasteiger partial charge in [0, 0.05) is 15.6 Å². The summed E-state index contributed by atoms with van der Waals surface area (Å²) < 4.78 is 1.09. The van der Waals surface area contributed by atoms with Crippen LogP contribution < -0.4 is 5.32 Å². The molecule has 0 aliphatic carbocycles. The van der Waals surface area contributed by atoms with E-state index in [2.05, 4.69) is 45.3 Å². The number of fused-ring (bicyclic) bond motifs is 2. The van der Waals surface area contributed by atoms with Gasteiger partial charge < -0.3 is 15.3 Å². The fraction of sp³-hybridized carbons (Fsp3) is 0.538. The van der Waals surface area contributed by atoms with E-state index in [9.17, 15) is 5.11 Å². The molecule has 1 aromatic carbocycles. The normalized spacial score (nSPS) is 26.9. The highest BCUT2D eigenvalue weighted by atomic mass is 79.9. The van der Waals surface area contributed by atoms with Crippen molar-refractivity contribution in [1.82, 2.24) is 4.90 Å². The van der Waals surface area contributed by atoms with Crippen LogP contribution in [-0.2, 0) is 5.41 Å². The molecule has 0 bridgehead atoms. The van der Waals surface area contributed by atoms with Crippen molar-refractivity contribution in [2.75, 3.05) is 25.5 Å². The predicted octanol–water partition coefficient (Wildman–Crippen LogP) is 2.16. The Morgan fingerprint density at radius 3 is 2.82 bits per heavy atom. The highest BCUT2D eigenvalue weighted by Gasteiger charge is 2.47. The molecule has 1 saturated heterocycles. The van der Waals surface area contributed by atoms with Gasteiger partial charge in [0.05, 0.1) is 0 Å². The average molecular weight is 297 g/mol. The Kier molecular flexibility index (Phi) is 2.69. The zero-order valence-electron chi connectivity index (χ0n) is 9.91. The van der Waals surface area contributed by atoms with Gasteiger partial charge in [0.1, 0.15) is 6.23 Å². The Balaban J connectivity index is 2.03. The van der Waals surface area contributed by atoms with Crippen LogP contribution in [0.15, 0.2) is 22.7 Å². The maximum Gasteiger partial charge on any atom is 0.134 e. The smallest absolute Gasteiger partial charge is 0.134 e. The summed E-state index contributed by atoms with van der Waals surface area (Å²) in [6, 6.07) is 6.23. The monoisotopic (exact) mass is 296 g/mol. The van der Waals surface area contributed by atoms with Crippen molar-refractivity contribution in [3.05, 3.63) is 28.2 Å². The minimum Gasteiger partial charge on any atom is -0.373 e. The Bertz CT molecular complexity index is 441. The van der Waals surface area contributed by atoms with Crippen LogP contribution in [0.1, 0.15) is 18.4 Å². The molecule has 0 saturated carbocycles. The highest BCUT2D eigenvalue weighted by Crippen LogP contribution is 2.47. The van der Waals surface area contributed by atoms with E-state index in [1.165, 1.54) is 5.56 Å². The van der Waals surface area contributed by atoms with E-state index in [-0.39, 0.29) is 5.41 Å². The fourth-order valence-electron chi connectivity index (χ4n) is 3.05. The van der Waals surface area contributed by atoms with Gasteiger partial charge in [-0.1, -0.05) is 15.9 Å². The van der Waals surface area contributed by atoms with Crippen LogP contribution in [-0.4, -0.2) is 36.4 Å². The topological polar surface area (TPSA) is 35.5 Å². The third kappa shape index (κ3) is 1.70. The molecule has 2 heterocycles. The third-order valence-corrected chi connectivity index (χ3v) is 4.71. The Morgan fingerprint density at radius 1 is 1.41 bits per heavy atom. The second-order valence-electron chi connectivity index (χ2n) is 5.20. The highest BCUT2D eigenvalue weighted by molar-refractivity contribution is 9.10. The Hall–Kier alpha value is -0.580. The lowest BCUT2D eigenvalue weighted by molar-refractivity contribution is 0.0644. The maximum atomic E-state index is 10.4. The van der Waals surface area contributed by atoms with Gasteiger partial charge in [-0.2, -0.15) is 0 Å². The van der Waals surface area contributed by atoms with Crippen LogP contribution >= 0.6 is 15.9 Å². The number of aliphatic hydroxyl groups is 1. The zero-order chi connectivity index (χ0) is 12.0. The van der Waals surface area contributed by atoms with Crippen LogP contribution in [0.5, 0.6) is 0 Å². The predicted molar refractivity (Wildman–Crippen MR) is 72.2 cm³/mol. The fourth-order valence-corrected chi connectivity index (χ4v) is 3.41. The number of rotatable bonds is 0. The number of nitrogens with one attached hydrogen (secondary N) is 1. The van der Waals surface area contributed by atoms with Gasteiger partial charge in [-0.05, 0) is 56.7 Å². The van der Waals surface area contributed by atoms with Gasteiger partial charge in [0.15, 0.2) is 0 Å². The molecule has 3 rings (SSSR count). The van der Waals surface area contributed by atoms with Crippen molar-refractivity contribution >= 4 is 21.6 Å². The summed E-state index contributed by atoms with van der Waals surface area (Å²) in [7, 11) is 2.14. The first-order chi connectivity index (χ1) is 8.12. The summed E-state index contributed by atoms with van der Waals surface area (Å²) in [5.41, 5.74) is 2.27. The van der Waals surface area contributed by atoms with E-state index < -0.39 is 6.23 Å². The number of likely N-dealkylation sites (tertiary alicyclic amines) is 1. The molecule has 1 atom stereocenters. The molecule has 2 N–H and O–H groups in total. The number of piperidine rings is 1. The van der Waals surface area contributed by atoms with E-state index in [0.717, 1.165) is 36.1 Å². The summed E-state index contributed by atoms with van der Waals surface area (Å²) in [6.07, 6.45) is 1.59. The number of aliphatic hydroxyl groups excluding tert-OH is 1. The number of benzene rings is 1. The SMILES string of the molecule is CN1CCC2(CC1)c1cc(Br)ccc1N[C@@H]2O. The van der Waals surface area contributed by atoms with Crippen molar-refractivity contribution in [3.63, 3.8) is 0 Å². The molecule has 2 aliphatic rings. The molecule has 0 amide bonds. The van der Waals surface area contributed by atoms with Gasteiger partial charge in [0.2, 0.25) is 0 Å². The lowest BCUT2D eigenvalue weighted by Crippen LogP contribution is -2.47. The van der Waals surface area contributed by atoms with Crippen LogP contribution in [0.4, 0.5) is 5.69 Å². The summed E-state index contributed by atoms with van der Waals surface area (Å²) >= 11 is 3.53. The van der Waals surface area contributed by atoms with Gasteiger partial charge in [0.25, 0.3) is 0 Å². The summed E-state index contributed by atoms with van der Waals surface area (Å²) in [5.74, 6) is 0. The molecule has 1 spiro atoms. The molecule has 92 valence electrons. The van der Waals surface area contributed by atoms with E-state index in [0.29, 0.717) is 0 Å². The van der Waals surface area contributed by atoms with Crippen LogP contribution in [0.2, 0.25) is 0 Å². The van der Waals surface area contributed by atoms with E-state index in [1.807, 2.05) is 6.07 Å². The number of nitrogens with zero attached hydrogens (tertiary/aromatic N) is 1. The van der Waals surface area contributed by atoms with Crippen LogP contribution in [0.3, 0.4) is 0 Å². The standard InChI is InChI=1S/C13H17BrN2O/c1-16-6-4-13(5-7-16)10-8-9(14)2-3-11(10)15-12(13)17/h2-3,8,12,15,17H,4-7H2,1H3/t12-/m1/s1. The first-order valence-electron chi connectivity index (χ1n) is 6.05. The molecule has 1 aromatic rings. The molecule has 0 unspecified atom stereocenters. The summed E-state index contributed by atoms with van der Waals surface area (Å²) in [5, 5.41) is 13.6. The van der Waals surface area contributed by atoms with Gasteiger partial charge in [-0.3, -0.25) is 0 Å². The molecule has 1 fully saturated rings. The first-order valence-corrected chi connectivity index (χ1v) is 6.84. The van der Waals surface area contributed by atoms with E-state index in [4.69, 9.17) is 0 Å². The quantitative estimate of drug-likeness (QED) is 0.770. The molecular formula is C13H17BrN2O. The van der Waals surface area contributed by atoms with Crippen molar-refractivity contribution in [3.8, 4) is 0 Å². The molecule has 2 aliphatic heterocycles. The van der Waals surface area contributed by atoms with Gasteiger partial charge in [-0.25, -0.2) is 0 Å². The molecule has 0 radical (unpaired) electrons. The minimum absolute atomic E-state index is 0.0916. The third-order valence-electron chi connectivity index (χ3n) is 4.21. The van der Waals surface area contributed by atoms with Crippen molar-refractivity contribution in [2.45, 2.75) is 24.5 Å². The molecule has 17 heavy (non-hydrogen) atoms. The molecule has 3 nitrogen and oxygen atoms in total. The number of anilines is 1. The average Bonchev–Trinajstić information content (AvgIpc) is 2.57. The maximum absolute atomic E-state index is 10.4. The van der Waals surface area contributed by atoms with Crippen molar-refractivity contribution in [2.24, 2.45) is 0 Å². The second-order valence-corrected chi connectivity index (χ2v) is 6.11. The summed E-state index contributed by atoms with van der Waals surface area (Å²) in [6.45, 7) is 2.09. The van der Waals surface area contributed by atoms with Crippen molar-refractivity contribution < 1.29 is 5.11 Å². The Morgan fingerprint density at radius 2 is 2.12 bits per heavy atom. The second kappa shape index (κ2) is 3.97. The lowest BCUT2D eigenvalue weighted by atomic mass is 9.73. The zero-order valence-corrected chi connectivity index (χ0v) is 11.5. The number of hydrogen-bond acceptors (Lipinski definition) is 3.